The van der Waals surface area contributed by atoms with Gasteiger partial charge in [0.05, 0.1) is 12.2 Å². The third-order valence-corrected chi connectivity index (χ3v) is 4.15. The van der Waals surface area contributed by atoms with Crippen LogP contribution in [0.5, 0.6) is 0 Å². The maximum absolute atomic E-state index is 13.1. The minimum absolute atomic E-state index is 0.103. The Labute approximate surface area is 140 Å². The Kier molecular flexibility index (Phi) is 6.18. The van der Waals surface area contributed by atoms with Crippen molar-refractivity contribution in [2.45, 2.75) is 48.8 Å². The molecule has 0 spiro atoms. The van der Waals surface area contributed by atoms with Crippen LogP contribution < -0.4 is 0 Å². The van der Waals surface area contributed by atoms with Gasteiger partial charge in [-0.2, -0.15) is 52.0 Å². The maximum atomic E-state index is 13.1. The number of alkyl halides is 8. The van der Waals surface area contributed by atoms with E-state index in [1.807, 2.05) is 0 Å². The molecular weight excluding hydrogens is 446 g/mol. The Bertz CT molecular complexity index is 739. The first kappa shape index (κ1) is 23.2. The smallest absolute Gasteiger partial charge is 0.309 e. The predicted octanol–water partition coefficient (Wildman–Crippen LogP) is 2.77. The van der Waals surface area contributed by atoms with E-state index in [0.29, 0.717) is 0 Å². The van der Waals surface area contributed by atoms with Gasteiger partial charge in [0.15, 0.2) is 0 Å². The molecule has 0 saturated heterocycles. The molecule has 0 saturated carbocycles. The summed E-state index contributed by atoms with van der Waals surface area (Å²) in [5.41, 5.74) is 0. The molecule has 0 aliphatic carbocycles. The van der Waals surface area contributed by atoms with E-state index in [9.17, 15) is 59.7 Å². The summed E-state index contributed by atoms with van der Waals surface area (Å²) in [4.78, 5) is 0. The summed E-state index contributed by atoms with van der Waals surface area (Å²) >= 11 is 0. The van der Waals surface area contributed by atoms with Crippen LogP contribution in [0.15, 0.2) is 0 Å². The average molecular weight is 456 g/mol. The number of hydrogen-bond donors (Lipinski definition) is 0. The van der Waals surface area contributed by atoms with Gasteiger partial charge in [0.25, 0.3) is 0 Å². The van der Waals surface area contributed by atoms with E-state index in [2.05, 4.69) is 9.47 Å². The highest BCUT2D eigenvalue weighted by Gasteiger charge is 2.71. The van der Waals surface area contributed by atoms with Crippen molar-refractivity contribution in [3.8, 4) is 0 Å². The van der Waals surface area contributed by atoms with Crippen LogP contribution in [0, 0.1) is 0 Å². The van der Waals surface area contributed by atoms with Crippen molar-refractivity contribution in [1.29, 1.82) is 0 Å². The van der Waals surface area contributed by atoms with E-state index in [-0.39, 0.29) is 6.92 Å². The van der Waals surface area contributed by atoms with Gasteiger partial charge in [-0.05, 0) is 13.8 Å². The van der Waals surface area contributed by atoms with Gasteiger partial charge in [0.2, 0.25) is 0 Å². The summed E-state index contributed by atoms with van der Waals surface area (Å²) in [6.45, 7) is -1.66. The van der Waals surface area contributed by atoms with Crippen molar-refractivity contribution in [2.75, 3.05) is 0 Å². The second-order valence-corrected chi connectivity index (χ2v) is 7.20. The number of ether oxygens (including phenoxy) is 2. The molecule has 0 aliphatic rings. The van der Waals surface area contributed by atoms with Crippen molar-refractivity contribution in [3.05, 3.63) is 0 Å². The van der Waals surface area contributed by atoms with E-state index in [1.54, 1.807) is 0 Å². The first-order valence-corrected chi connectivity index (χ1v) is 8.36. The van der Waals surface area contributed by atoms with E-state index in [1.165, 1.54) is 0 Å². The van der Waals surface area contributed by atoms with E-state index in [4.69, 9.17) is 1.37 Å². The number of rotatable bonds is 9. The fourth-order valence-corrected chi connectivity index (χ4v) is 1.68. The minimum Gasteiger partial charge on any atom is -0.309 e. The fourth-order valence-electron chi connectivity index (χ4n) is 1.02. The second-order valence-electron chi connectivity index (χ2n) is 4.42. The summed E-state index contributed by atoms with van der Waals surface area (Å²) in [5.74, 6) is 0. The monoisotopic (exact) mass is 456 g/mol. The molecule has 26 heavy (non-hydrogen) atoms. The molecule has 0 aliphatic heterocycles. The average Bonchev–Trinajstić information content (AvgIpc) is 2.41. The highest BCUT2D eigenvalue weighted by Crippen LogP contribution is 2.44. The van der Waals surface area contributed by atoms with Gasteiger partial charge in [-0.3, -0.25) is 0 Å². The van der Waals surface area contributed by atoms with Crippen LogP contribution in [0.2, 0.25) is 0 Å². The molecule has 2 unspecified atom stereocenters. The van der Waals surface area contributed by atoms with Crippen molar-refractivity contribution < 1.29 is 70.6 Å². The van der Waals surface area contributed by atoms with E-state index >= 15 is 0 Å². The number of halogens is 10. The molecule has 158 valence electrons. The Balaban J connectivity index is 5.66. The zero-order valence-electron chi connectivity index (χ0n) is 12.9. The molecule has 0 radical (unpaired) electrons. The molecule has 0 aromatic rings. The molecule has 0 aromatic heterocycles. The normalized spacial score (nSPS) is 18.3. The van der Waals surface area contributed by atoms with Crippen LogP contribution in [-0.4, -0.2) is 51.8 Å². The van der Waals surface area contributed by atoms with E-state index < -0.39 is 62.3 Å². The summed E-state index contributed by atoms with van der Waals surface area (Å²) < 4.78 is 181. The molecule has 0 bridgehead atoms. The van der Waals surface area contributed by atoms with Gasteiger partial charge in [0, 0.05) is 1.37 Å². The SMILES string of the molecule is [3H]CC(OC(F)(F)C(F)(F)S(=O)(=O)F)C(C)OC(F)(F)C(F)(F)S(=O)(=O)F. The lowest BCUT2D eigenvalue weighted by Gasteiger charge is -2.31. The second kappa shape index (κ2) is 6.93. The molecule has 0 aromatic carbocycles. The summed E-state index contributed by atoms with van der Waals surface area (Å²) in [7, 11) is -14.6. The van der Waals surface area contributed by atoms with Crippen LogP contribution in [0.25, 0.3) is 0 Å². The molecule has 0 heterocycles. The minimum atomic E-state index is -7.32. The standard InChI is InChI=1S/C8H8F10O6S2/c1-3(23-5(9,10)7(13,14)25(17,19)20)4(2)24-6(11,12)8(15,16)26(18,21)22/h3-4H,1-2H3/i1T. The van der Waals surface area contributed by atoms with Gasteiger partial charge >= 0.3 is 43.2 Å². The molecule has 0 fully saturated rings. The highest BCUT2D eigenvalue weighted by atomic mass is 32.3. The van der Waals surface area contributed by atoms with Crippen LogP contribution in [-0.2, 0) is 29.9 Å². The molecule has 2 atom stereocenters. The summed E-state index contributed by atoms with van der Waals surface area (Å²) in [5, 5.41) is -13.1. The van der Waals surface area contributed by atoms with Gasteiger partial charge in [-0.15, -0.1) is 0 Å². The highest BCUT2D eigenvalue weighted by molar-refractivity contribution is 7.87. The lowest BCUT2D eigenvalue weighted by atomic mass is 10.2. The largest absolute Gasteiger partial charge is 0.464 e. The maximum Gasteiger partial charge on any atom is 0.464 e. The van der Waals surface area contributed by atoms with E-state index in [0.717, 1.165) is 0 Å². The number of hydrogen-bond acceptors (Lipinski definition) is 6. The molecule has 0 N–H and O–H groups in total. The molecule has 0 amide bonds. The predicted molar refractivity (Wildman–Crippen MR) is 60.9 cm³/mol. The molecular formula is C8H8F10O6S2. The van der Waals surface area contributed by atoms with Gasteiger partial charge in [0.1, 0.15) is 0 Å². The Morgan fingerprint density at radius 2 is 1.00 bits per heavy atom. The lowest BCUT2D eigenvalue weighted by molar-refractivity contribution is -0.372. The quantitative estimate of drug-likeness (QED) is 0.392. The van der Waals surface area contributed by atoms with Crippen molar-refractivity contribution in [2.24, 2.45) is 0 Å². The van der Waals surface area contributed by atoms with Crippen LogP contribution in [0.3, 0.4) is 0 Å². The van der Waals surface area contributed by atoms with Gasteiger partial charge in [-0.25, -0.2) is 0 Å². The summed E-state index contributed by atoms with van der Waals surface area (Å²) in [6.07, 6.45) is -18.6. The van der Waals surface area contributed by atoms with Crippen LogP contribution >= 0.6 is 0 Å². The third-order valence-electron chi connectivity index (χ3n) is 2.45. The van der Waals surface area contributed by atoms with Gasteiger partial charge < -0.3 is 9.47 Å². The first-order valence-electron chi connectivity index (χ1n) is 6.30. The first-order chi connectivity index (χ1) is 11.5. The van der Waals surface area contributed by atoms with Gasteiger partial charge in [-0.1, -0.05) is 7.77 Å². The topological polar surface area (TPSA) is 86.7 Å². The molecule has 6 nitrogen and oxygen atoms in total. The summed E-state index contributed by atoms with van der Waals surface area (Å²) in [6, 6.07) is 0. The Morgan fingerprint density at radius 1 is 0.731 bits per heavy atom. The zero-order chi connectivity index (χ0) is 22.3. The molecule has 0 rings (SSSR count). The fraction of sp³-hybridized carbons (Fsp3) is 1.00. The van der Waals surface area contributed by atoms with Crippen molar-refractivity contribution >= 4 is 20.4 Å². The molecule has 18 heteroatoms. The Morgan fingerprint density at radius 3 is 1.23 bits per heavy atom. The van der Waals surface area contributed by atoms with Crippen LogP contribution in [0.4, 0.5) is 42.9 Å². The van der Waals surface area contributed by atoms with Crippen LogP contribution in [0.1, 0.15) is 15.2 Å². The lowest BCUT2D eigenvalue weighted by Crippen LogP contribution is -2.53. The van der Waals surface area contributed by atoms with Crippen molar-refractivity contribution in [3.63, 3.8) is 0 Å². The van der Waals surface area contributed by atoms with Crippen molar-refractivity contribution in [1.82, 2.24) is 0 Å². The third kappa shape index (κ3) is 4.69. The Hall–Kier alpha value is -0.880. The zero-order valence-corrected chi connectivity index (χ0v) is 13.5.